The third-order valence-electron chi connectivity index (χ3n) is 13.8. The van der Waals surface area contributed by atoms with E-state index >= 15 is 0 Å². The highest BCUT2D eigenvalue weighted by Crippen LogP contribution is 2.43. The lowest BCUT2D eigenvalue weighted by Gasteiger charge is -2.27. The molecule has 430 valence electrons. The van der Waals surface area contributed by atoms with Gasteiger partial charge in [0, 0.05) is 56.9 Å². The Balaban J connectivity index is 0.918. The molecule has 8 rings (SSSR count). The minimum absolute atomic E-state index is 0.0248. The van der Waals surface area contributed by atoms with Crippen molar-refractivity contribution in [3.05, 3.63) is 64.7 Å². The second kappa shape index (κ2) is 24.5. The van der Waals surface area contributed by atoms with Crippen molar-refractivity contribution in [3.63, 3.8) is 0 Å². The van der Waals surface area contributed by atoms with Crippen molar-refractivity contribution in [3.8, 4) is 28.7 Å². The number of imide groups is 1. The molecule has 3 aromatic rings. The van der Waals surface area contributed by atoms with Gasteiger partial charge in [0.25, 0.3) is 32.1 Å². The van der Waals surface area contributed by atoms with E-state index < -0.39 is 110 Å². The highest BCUT2D eigenvalue weighted by Gasteiger charge is 2.47. The number of carbonyl (C=O) groups excluding carboxylic acids is 6. The van der Waals surface area contributed by atoms with Gasteiger partial charge in [0.05, 0.1) is 73.7 Å². The van der Waals surface area contributed by atoms with Crippen molar-refractivity contribution < 1.29 is 92.6 Å². The van der Waals surface area contributed by atoms with Gasteiger partial charge in [0.15, 0.2) is 33.7 Å². The molecular formula is C48H60N7O20PS3. The van der Waals surface area contributed by atoms with Crippen LogP contribution in [0.25, 0.3) is 0 Å². The Bertz CT molecular complexity index is 3020. The Morgan fingerprint density at radius 3 is 1.67 bits per heavy atom. The lowest BCUT2D eigenvalue weighted by Crippen LogP contribution is -2.47. The third kappa shape index (κ3) is 14.0. The van der Waals surface area contributed by atoms with Crippen LogP contribution < -0.4 is 45.2 Å². The summed E-state index contributed by atoms with van der Waals surface area (Å²) in [5, 5.41) is 1.85. The number of amides is 6. The second-order valence-corrected chi connectivity index (χ2v) is 25.5. The quantitative estimate of drug-likeness (QED) is 0.0168. The van der Waals surface area contributed by atoms with E-state index in [1.165, 1.54) is 48.3 Å². The highest BCUT2D eigenvalue weighted by molar-refractivity contribution is 7.86. The lowest BCUT2D eigenvalue weighted by atomic mass is 10.1. The fourth-order valence-electron chi connectivity index (χ4n) is 9.93. The molecular weight excluding hydrogens is 1120 g/mol. The van der Waals surface area contributed by atoms with Gasteiger partial charge in [-0.3, -0.25) is 58.2 Å². The first-order valence-electron chi connectivity index (χ1n) is 25.0. The van der Waals surface area contributed by atoms with Crippen molar-refractivity contribution in [2.75, 3.05) is 76.6 Å². The van der Waals surface area contributed by atoms with Gasteiger partial charge >= 0.3 is 0 Å². The van der Waals surface area contributed by atoms with Crippen LogP contribution >= 0.6 is 20.0 Å². The topological polar surface area (TPSA) is 362 Å². The van der Waals surface area contributed by atoms with Crippen molar-refractivity contribution in [1.29, 1.82) is 0 Å². The summed E-state index contributed by atoms with van der Waals surface area (Å²) in [4.78, 5) is 90.2. The van der Waals surface area contributed by atoms with Gasteiger partial charge in [-0.2, -0.15) is 29.5 Å². The number of hydrogen-bond acceptors (Lipinski definition) is 20. The van der Waals surface area contributed by atoms with E-state index in [9.17, 15) is 64.2 Å². The average Bonchev–Trinajstić information content (AvgIpc) is 4.25. The summed E-state index contributed by atoms with van der Waals surface area (Å²) in [6.45, 7) is -0.232. The number of fused-ring (bicyclic) bond motifs is 4. The molecule has 0 bridgehead atoms. The molecule has 3 aromatic carbocycles. The number of nitrogens with zero attached hydrogens (tertiary/aromatic N) is 3. The zero-order valence-electron chi connectivity index (χ0n) is 42.8. The van der Waals surface area contributed by atoms with Crippen LogP contribution in [0.4, 0.5) is 11.4 Å². The Morgan fingerprint density at radius 2 is 1.20 bits per heavy atom. The van der Waals surface area contributed by atoms with Crippen molar-refractivity contribution >= 4 is 87.1 Å². The number of benzene rings is 3. The molecule has 6 amide bonds. The number of carbonyl (C=O) groups is 6. The molecule has 0 saturated carbocycles. The standard InChI is InChI=1S/C48H60N7O20PS3/c1-70-36-20-30-32(49-44(78(64,65)66)34-5-3-9-53(34)46(30)59)22-38(36)74-25-27-17-28(26-75-39-23-33-31(21-37(39)71-2)47(60)54-10-4-6-35(54)45(50-33)79(67,68)69)19-29(18-27)73-14-13-72-12-7-41(56)51-52-42(57)8-15-76(62,63)16-11-55-43(58)24-40(77)48(55)61/h17-23,34-35,40,44-45,49-50,77H,3-16,24-26H2,1-2H3,(H,51,56)(H,52,57)(H,62,63)(H,64,65,66)(H,67,68,69)/t34-,35-,40?,44?,45?/m0/s1. The van der Waals surface area contributed by atoms with Gasteiger partial charge in [-0.15, -0.1) is 0 Å². The molecule has 0 aliphatic carbocycles. The van der Waals surface area contributed by atoms with Gasteiger partial charge in [-0.1, -0.05) is 0 Å². The van der Waals surface area contributed by atoms with E-state index in [0.29, 0.717) is 36.8 Å². The monoisotopic (exact) mass is 1180 g/mol. The molecule has 5 aliphatic rings. The van der Waals surface area contributed by atoms with Crippen molar-refractivity contribution in [2.24, 2.45) is 0 Å². The molecule has 3 fully saturated rings. The van der Waals surface area contributed by atoms with E-state index in [1.54, 1.807) is 18.2 Å². The molecule has 79 heavy (non-hydrogen) atoms. The van der Waals surface area contributed by atoms with Gasteiger partial charge in [-0.05, 0) is 67.1 Å². The summed E-state index contributed by atoms with van der Waals surface area (Å²) in [7, 11) is -10.5. The van der Waals surface area contributed by atoms with Gasteiger partial charge in [-0.25, -0.2) is 0 Å². The number of thiol groups is 1. The fraction of sp³-hybridized carbons (Fsp3) is 0.500. The van der Waals surface area contributed by atoms with Crippen LogP contribution in [0.1, 0.15) is 76.8 Å². The van der Waals surface area contributed by atoms with Crippen LogP contribution in [0.3, 0.4) is 0 Å². The lowest BCUT2D eigenvalue weighted by molar-refractivity contribution is -0.138. The normalized spacial score (nSPS) is 21.5. The largest absolute Gasteiger partial charge is 0.493 e. The number of hydrazine groups is 1. The summed E-state index contributed by atoms with van der Waals surface area (Å²) < 4.78 is 119. The third-order valence-corrected chi connectivity index (χ3v) is 18.2. The first-order valence-corrected chi connectivity index (χ1v) is 30.5. The van der Waals surface area contributed by atoms with Gasteiger partial charge in [0.2, 0.25) is 31.0 Å². The maximum Gasteiger partial charge on any atom is 0.288 e. The van der Waals surface area contributed by atoms with Crippen LogP contribution in [0, 0.1) is 0 Å². The first kappa shape index (κ1) is 58.7. The molecule has 4 unspecified atom stereocenters. The number of likely N-dealkylation sites (tertiary alicyclic amines) is 1. The Morgan fingerprint density at radius 1 is 0.696 bits per heavy atom. The second-order valence-electron chi connectivity index (χ2n) is 19.2. The SMILES string of the molecule is COc1cc2c(cc1OCc1cc(COc3cc4c(cc3OC)C(=O)N3CCC[C@H]3C(S(=O)(=O)O)N4)cc(OCCOCCC(=O)NNC(=O)CCP(=O)(O)CCN3C(=O)CC(S)C3=O)c1)NC(S(=O)(=O)O)[C@@H]1CCCN1C2=O. The Hall–Kier alpha value is -6.40. The highest BCUT2D eigenvalue weighted by atomic mass is 32.2. The molecule has 0 radical (unpaired) electrons. The Kier molecular flexibility index (Phi) is 18.2. The summed E-state index contributed by atoms with van der Waals surface area (Å²) in [5.74, 6) is -2.57. The molecule has 6 atom stereocenters. The van der Waals surface area contributed by atoms with Crippen molar-refractivity contribution in [1.82, 2.24) is 25.6 Å². The average molecular weight is 1180 g/mol. The van der Waals surface area contributed by atoms with Crippen LogP contribution in [0.5, 0.6) is 28.7 Å². The number of hydrogen-bond donors (Lipinski definition) is 8. The number of nitrogens with one attached hydrogen (secondary N) is 4. The minimum Gasteiger partial charge on any atom is -0.493 e. The van der Waals surface area contributed by atoms with Crippen LogP contribution in [-0.4, -0.2) is 175 Å². The zero-order valence-corrected chi connectivity index (χ0v) is 46.2. The van der Waals surface area contributed by atoms with Crippen LogP contribution in [0.15, 0.2) is 42.5 Å². The smallest absolute Gasteiger partial charge is 0.288 e. The summed E-state index contributed by atoms with van der Waals surface area (Å²) in [6.07, 6.45) is 0.172. The maximum absolute atomic E-state index is 13.7. The van der Waals surface area contributed by atoms with E-state index in [1.807, 2.05) is 0 Å². The number of anilines is 2. The molecule has 3 saturated heterocycles. The van der Waals surface area contributed by atoms with E-state index in [0.717, 1.165) is 4.90 Å². The van der Waals surface area contributed by atoms with E-state index in [-0.39, 0.29) is 117 Å². The molecule has 0 aromatic heterocycles. The molecule has 5 heterocycles. The number of rotatable bonds is 23. The predicted octanol–water partition coefficient (Wildman–Crippen LogP) is 2.00. The molecule has 31 heteroatoms. The molecule has 7 N–H and O–H groups in total. The number of methoxy groups -OCH3 is 2. The number of ether oxygens (including phenoxy) is 6. The summed E-state index contributed by atoms with van der Waals surface area (Å²) in [5.41, 5.74) is 5.74. The van der Waals surface area contributed by atoms with Crippen LogP contribution in [-0.2, 0) is 61.9 Å². The van der Waals surface area contributed by atoms with E-state index in [4.69, 9.17) is 28.4 Å². The maximum atomic E-state index is 13.7. The summed E-state index contributed by atoms with van der Waals surface area (Å²) >= 11 is 4.02. The predicted molar refractivity (Wildman–Crippen MR) is 283 cm³/mol. The Labute approximate surface area is 459 Å². The fourth-order valence-corrected chi connectivity index (χ4v) is 13.4. The minimum atomic E-state index is -4.68. The summed E-state index contributed by atoms with van der Waals surface area (Å²) in [6, 6.07) is 9.01. The van der Waals surface area contributed by atoms with Crippen molar-refractivity contribution in [2.45, 2.75) is 86.2 Å². The van der Waals surface area contributed by atoms with Gasteiger partial charge in [0.1, 0.15) is 25.6 Å². The molecule has 27 nitrogen and oxygen atoms in total. The van der Waals surface area contributed by atoms with Crippen LogP contribution in [0.2, 0.25) is 0 Å². The molecule has 5 aliphatic heterocycles. The van der Waals surface area contributed by atoms with E-state index in [2.05, 4.69) is 34.1 Å². The first-order chi connectivity index (χ1) is 37.4. The molecule has 0 spiro atoms. The zero-order chi connectivity index (χ0) is 57.0. The van der Waals surface area contributed by atoms with Gasteiger partial charge < -0.3 is 53.7 Å².